The first-order chi connectivity index (χ1) is 10.8. The fraction of sp³-hybridized carbons (Fsp3) is 0.368. The van der Waals surface area contributed by atoms with E-state index < -0.39 is 0 Å². The number of methoxy groups -OCH3 is 1. The minimum absolute atomic E-state index is 0.771. The molecule has 0 aliphatic carbocycles. The first-order valence-corrected chi connectivity index (χ1v) is 7.87. The lowest BCUT2D eigenvalue weighted by atomic mass is 10.1. The molecule has 0 saturated carbocycles. The van der Waals surface area contributed by atoms with Crippen molar-refractivity contribution >= 4 is 0 Å². The average molecular weight is 299 g/mol. The lowest BCUT2D eigenvalue weighted by molar-refractivity contribution is 0.317. The molecule has 2 rings (SSSR count). The molecule has 0 radical (unpaired) electrons. The summed E-state index contributed by atoms with van der Waals surface area (Å²) in [7, 11) is 1.70. The van der Waals surface area contributed by atoms with Crippen LogP contribution in [0, 0.1) is 0 Å². The maximum Gasteiger partial charge on any atom is 0.119 e. The number of nitrogens with one attached hydrogen (secondary N) is 1. The second kappa shape index (κ2) is 9.11. The zero-order chi connectivity index (χ0) is 15.6. The highest BCUT2D eigenvalue weighted by molar-refractivity contribution is 5.29. The van der Waals surface area contributed by atoms with Crippen molar-refractivity contribution in [2.24, 2.45) is 0 Å². The molecule has 1 N–H and O–H groups in total. The van der Waals surface area contributed by atoms with Gasteiger partial charge in [-0.15, -0.1) is 0 Å². The van der Waals surface area contributed by atoms with Crippen LogP contribution in [0.1, 0.15) is 24.5 Å². The van der Waals surface area contributed by atoms with Crippen molar-refractivity contribution in [2.45, 2.75) is 26.3 Å². The van der Waals surface area contributed by atoms with Gasteiger partial charge in [0, 0.05) is 6.54 Å². The largest absolute Gasteiger partial charge is 0.497 e. The van der Waals surface area contributed by atoms with Crippen LogP contribution in [0.5, 0.6) is 11.5 Å². The maximum absolute atomic E-state index is 5.66. The molecule has 0 aliphatic rings. The van der Waals surface area contributed by atoms with E-state index in [1.54, 1.807) is 7.11 Å². The predicted molar refractivity (Wildman–Crippen MR) is 90.6 cm³/mol. The third kappa shape index (κ3) is 5.41. The van der Waals surface area contributed by atoms with Crippen molar-refractivity contribution in [1.29, 1.82) is 0 Å². The van der Waals surface area contributed by atoms with E-state index in [0.29, 0.717) is 0 Å². The van der Waals surface area contributed by atoms with Gasteiger partial charge < -0.3 is 14.8 Å². The summed E-state index contributed by atoms with van der Waals surface area (Å²) < 4.78 is 10.9. The minimum atomic E-state index is 0.771. The summed E-state index contributed by atoms with van der Waals surface area (Å²) in [6, 6.07) is 16.5. The lowest BCUT2D eigenvalue weighted by Gasteiger charge is -2.09. The van der Waals surface area contributed by atoms with E-state index in [-0.39, 0.29) is 0 Å². The molecule has 118 valence electrons. The molecule has 0 amide bonds. The Morgan fingerprint density at radius 3 is 2.45 bits per heavy atom. The Balaban J connectivity index is 1.76. The van der Waals surface area contributed by atoms with Gasteiger partial charge in [-0.25, -0.2) is 0 Å². The van der Waals surface area contributed by atoms with Crippen molar-refractivity contribution in [3.8, 4) is 11.5 Å². The fourth-order valence-corrected chi connectivity index (χ4v) is 2.26. The molecule has 3 heteroatoms. The van der Waals surface area contributed by atoms with Gasteiger partial charge in [0.05, 0.1) is 13.7 Å². The quantitative estimate of drug-likeness (QED) is 0.714. The van der Waals surface area contributed by atoms with E-state index in [0.717, 1.165) is 44.0 Å². The summed E-state index contributed by atoms with van der Waals surface area (Å²) in [6.07, 6.45) is 2.02. The molecule has 0 unspecified atom stereocenters. The monoisotopic (exact) mass is 299 g/mol. The zero-order valence-electron chi connectivity index (χ0n) is 13.5. The van der Waals surface area contributed by atoms with Gasteiger partial charge in [0.25, 0.3) is 0 Å². The van der Waals surface area contributed by atoms with Crippen molar-refractivity contribution in [3.05, 3.63) is 59.7 Å². The van der Waals surface area contributed by atoms with Crippen LogP contribution in [0.4, 0.5) is 0 Å². The second-order valence-corrected chi connectivity index (χ2v) is 5.27. The number of benzene rings is 2. The minimum Gasteiger partial charge on any atom is -0.497 e. The van der Waals surface area contributed by atoms with Gasteiger partial charge in [-0.05, 0) is 54.8 Å². The molecule has 0 aromatic heterocycles. The normalized spacial score (nSPS) is 10.5. The molecule has 0 fully saturated rings. The smallest absolute Gasteiger partial charge is 0.119 e. The van der Waals surface area contributed by atoms with Crippen LogP contribution in [0.3, 0.4) is 0 Å². The molecule has 22 heavy (non-hydrogen) atoms. The van der Waals surface area contributed by atoms with Gasteiger partial charge in [0.1, 0.15) is 11.5 Å². The molecule has 0 spiro atoms. The second-order valence-electron chi connectivity index (χ2n) is 5.27. The van der Waals surface area contributed by atoms with Gasteiger partial charge in [-0.2, -0.15) is 0 Å². The Bertz CT molecular complexity index is 569. The molecule has 0 heterocycles. The van der Waals surface area contributed by atoms with Crippen LogP contribution in [0.15, 0.2) is 48.5 Å². The van der Waals surface area contributed by atoms with E-state index >= 15 is 0 Å². The molecule has 0 atom stereocenters. The Morgan fingerprint density at radius 2 is 1.68 bits per heavy atom. The third-order valence-corrected chi connectivity index (χ3v) is 3.43. The van der Waals surface area contributed by atoms with Crippen LogP contribution in [0.2, 0.25) is 0 Å². The topological polar surface area (TPSA) is 30.5 Å². The molecule has 3 nitrogen and oxygen atoms in total. The average Bonchev–Trinajstić information content (AvgIpc) is 2.57. The summed E-state index contributed by atoms with van der Waals surface area (Å²) in [4.78, 5) is 0. The number of hydrogen-bond acceptors (Lipinski definition) is 3. The van der Waals surface area contributed by atoms with Gasteiger partial charge in [-0.1, -0.05) is 31.2 Å². The summed E-state index contributed by atoms with van der Waals surface area (Å²) in [5, 5.41) is 3.47. The zero-order valence-corrected chi connectivity index (χ0v) is 13.5. The SMILES string of the molecule is CCCOc1cccc(CNCCc2cccc(OC)c2)c1. The number of ether oxygens (including phenoxy) is 2. The van der Waals surface area contributed by atoms with Gasteiger partial charge in [0.2, 0.25) is 0 Å². The van der Waals surface area contributed by atoms with Crippen LogP contribution in [0.25, 0.3) is 0 Å². The van der Waals surface area contributed by atoms with E-state index in [1.807, 2.05) is 24.3 Å². The van der Waals surface area contributed by atoms with Crippen molar-refractivity contribution in [3.63, 3.8) is 0 Å². The third-order valence-electron chi connectivity index (χ3n) is 3.43. The Morgan fingerprint density at radius 1 is 0.955 bits per heavy atom. The van der Waals surface area contributed by atoms with Crippen LogP contribution >= 0.6 is 0 Å². The molecule has 0 bridgehead atoms. The first-order valence-electron chi connectivity index (χ1n) is 7.87. The summed E-state index contributed by atoms with van der Waals surface area (Å²) in [6.45, 7) is 4.68. The standard InChI is InChI=1S/C19H25NO2/c1-3-12-22-19-9-5-7-17(14-19)15-20-11-10-16-6-4-8-18(13-16)21-2/h4-9,13-14,20H,3,10-12,15H2,1-2H3. The summed E-state index contributed by atoms with van der Waals surface area (Å²) in [5.41, 5.74) is 2.53. The maximum atomic E-state index is 5.66. The molecule has 0 saturated heterocycles. The van der Waals surface area contributed by atoms with Crippen molar-refractivity contribution < 1.29 is 9.47 Å². The lowest BCUT2D eigenvalue weighted by Crippen LogP contribution is -2.16. The van der Waals surface area contributed by atoms with Gasteiger partial charge >= 0.3 is 0 Å². The Kier molecular flexibility index (Phi) is 6.78. The molecular formula is C19H25NO2. The van der Waals surface area contributed by atoms with E-state index in [2.05, 4.69) is 36.5 Å². The van der Waals surface area contributed by atoms with E-state index in [9.17, 15) is 0 Å². The van der Waals surface area contributed by atoms with Crippen molar-refractivity contribution in [1.82, 2.24) is 5.32 Å². The Hall–Kier alpha value is -2.00. The molecule has 2 aromatic rings. The van der Waals surface area contributed by atoms with Crippen molar-refractivity contribution in [2.75, 3.05) is 20.3 Å². The van der Waals surface area contributed by atoms with Gasteiger partial charge in [-0.3, -0.25) is 0 Å². The molecular weight excluding hydrogens is 274 g/mol. The van der Waals surface area contributed by atoms with E-state index in [4.69, 9.17) is 9.47 Å². The molecule has 0 aliphatic heterocycles. The molecule has 2 aromatic carbocycles. The van der Waals surface area contributed by atoms with Crippen LogP contribution < -0.4 is 14.8 Å². The highest BCUT2D eigenvalue weighted by Gasteiger charge is 1.98. The van der Waals surface area contributed by atoms with Crippen LogP contribution in [-0.2, 0) is 13.0 Å². The summed E-state index contributed by atoms with van der Waals surface area (Å²) in [5.74, 6) is 1.87. The highest BCUT2D eigenvalue weighted by Crippen LogP contribution is 2.14. The fourth-order valence-electron chi connectivity index (χ4n) is 2.26. The number of hydrogen-bond donors (Lipinski definition) is 1. The van der Waals surface area contributed by atoms with Gasteiger partial charge in [0.15, 0.2) is 0 Å². The highest BCUT2D eigenvalue weighted by atomic mass is 16.5. The predicted octanol–water partition coefficient (Wildman–Crippen LogP) is 3.82. The first kappa shape index (κ1) is 16.4. The summed E-state index contributed by atoms with van der Waals surface area (Å²) >= 11 is 0. The van der Waals surface area contributed by atoms with E-state index in [1.165, 1.54) is 11.1 Å². The Labute approximate surface area is 133 Å². The van der Waals surface area contributed by atoms with Crippen LogP contribution in [-0.4, -0.2) is 20.3 Å². The number of rotatable bonds is 9.